The molecule has 18 heavy (non-hydrogen) atoms. The van der Waals surface area contributed by atoms with E-state index < -0.39 is 0 Å². The summed E-state index contributed by atoms with van der Waals surface area (Å²) in [7, 11) is 0. The average Bonchev–Trinajstić information content (AvgIpc) is 2.87. The smallest absolute Gasteiger partial charge is 0.0205 e. The molecule has 1 saturated carbocycles. The van der Waals surface area contributed by atoms with Crippen molar-refractivity contribution in [1.82, 2.24) is 0 Å². The molecule has 1 fully saturated rings. The zero-order chi connectivity index (χ0) is 12.6. The molecule has 0 aliphatic heterocycles. The van der Waals surface area contributed by atoms with Crippen molar-refractivity contribution >= 4 is 0 Å². The lowest BCUT2D eigenvalue weighted by Crippen LogP contribution is -2.02. The first kappa shape index (κ1) is 13.4. The molecule has 0 saturated heterocycles. The molecule has 0 aromatic heterocycles. The van der Waals surface area contributed by atoms with Gasteiger partial charge in [0.2, 0.25) is 0 Å². The van der Waals surface area contributed by atoms with E-state index in [0.29, 0.717) is 0 Å². The Hall–Kier alpha value is -1.04. The first-order valence-electron chi connectivity index (χ1n) is 7.60. The molecule has 0 nitrogen and oxygen atoms in total. The third-order valence-electron chi connectivity index (χ3n) is 4.30. The van der Waals surface area contributed by atoms with Crippen LogP contribution in [-0.2, 0) is 6.42 Å². The molecule has 1 unspecified atom stereocenters. The Balaban J connectivity index is 1.66. The van der Waals surface area contributed by atoms with E-state index in [-0.39, 0.29) is 0 Å². The highest BCUT2D eigenvalue weighted by molar-refractivity contribution is 5.14. The van der Waals surface area contributed by atoms with Gasteiger partial charge in [-0.05, 0) is 49.5 Å². The number of unbranched alkanes of at least 4 members (excludes halogenated alkanes) is 1. The quantitative estimate of drug-likeness (QED) is 0.463. The molecule has 1 aliphatic carbocycles. The number of aryl methyl sites for hydroxylation is 1. The minimum absolute atomic E-state index is 0.881. The van der Waals surface area contributed by atoms with Crippen molar-refractivity contribution in [3.63, 3.8) is 0 Å². The lowest BCUT2D eigenvalue weighted by atomic mass is 9.93. The van der Waals surface area contributed by atoms with Crippen molar-refractivity contribution in [1.29, 1.82) is 0 Å². The van der Waals surface area contributed by atoms with Gasteiger partial charge in [0.05, 0.1) is 0 Å². The highest BCUT2D eigenvalue weighted by atomic mass is 14.3. The summed E-state index contributed by atoms with van der Waals surface area (Å²) in [5.74, 6) is 1.85. The third kappa shape index (κ3) is 4.01. The van der Waals surface area contributed by atoms with Crippen molar-refractivity contribution in [2.75, 3.05) is 0 Å². The van der Waals surface area contributed by atoms with Crippen LogP contribution in [0.3, 0.4) is 0 Å². The van der Waals surface area contributed by atoms with Crippen LogP contribution in [0.4, 0.5) is 0 Å². The molecule has 2 rings (SSSR count). The fraction of sp³-hybridized carbons (Fsp3) is 0.556. The van der Waals surface area contributed by atoms with E-state index >= 15 is 0 Å². The molecule has 0 heteroatoms. The fourth-order valence-electron chi connectivity index (χ4n) is 3.17. The maximum atomic E-state index is 2.51. The summed E-state index contributed by atoms with van der Waals surface area (Å²) in [4.78, 5) is 0. The fourth-order valence-corrected chi connectivity index (χ4v) is 3.17. The van der Waals surface area contributed by atoms with Crippen LogP contribution in [0.25, 0.3) is 0 Å². The first-order valence-corrected chi connectivity index (χ1v) is 7.60. The number of benzene rings is 1. The predicted octanol–water partition coefficient (Wildman–Crippen LogP) is 5.39. The van der Waals surface area contributed by atoms with Gasteiger partial charge in [-0.3, -0.25) is 0 Å². The molecule has 0 radical (unpaired) electrons. The van der Waals surface area contributed by atoms with Crippen LogP contribution in [0.5, 0.6) is 0 Å². The van der Waals surface area contributed by atoms with Gasteiger partial charge in [0.15, 0.2) is 0 Å². The van der Waals surface area contributed by atoms with Crippen LogP contribution in [0, 0.1) is 11.8 Å². The molecule has 0 spiro atoms. The van der Waals surface area contributed by atoms with Gasteiger partial charge in [-0.2, -0.15) is 0 Å². The van der Waals surface area contributed by atoms with Gasteiger partial charge in [-0.15, -0.1) is 0 Å². The van der Waals surface area contributed by atoms with Crippen molar-refractivity contribution in [2.45, 2.75) is 51.9 Å². The van der Waals surface area contributed by atoms with E-state index in [1.165, 1.54) is 50.5 Å². The molecule has 1 aliphatic rings. The Morgan fingerprint density at radius 2 is 2.00 bits per heavy atom. The highest BCUT2D eigenvalue weighted by Gasteiger charge is 2.22. The van der Waals surface area contributed by atoms with Crippen molar-refractivity contribution in [3.05, 3.63) is 48.0 Å². The van der Waals surface area contributed by atoms with E-state index in [1.54, 1.807) is 0 Å². The monoisotopic (exact) mass is 242 g/mol. The van der Waals surface area contributed by atoms with Gasteiger partial charge in [0.1, 0.15) is 0 Å². The topological polar surface area (TPSA) is 0 Å². The number of hydrogen-bond donors (Lipinski definition) is 0. The number of hydrogen-bond acceptors (Lipinski definition) is 0. The lowest BCUT2D eigenvalue weighted by Gasteiger charge is -2.13. The predicted molar refractivity (Wildman–Crippen MR) is 79.6 cm³/mol. The molecule has 0 heterocycles. The maximum absolute atomic E-state index is 2.51. The standard InChI is InChI=1S/C18H26/c1-2-17-14-9-15-18(17)13-8-4-7-12-16-10-5-3-6-11-16/h3,5-6,8,10-11,13,17-18H,2,4,7,9,12,14-15H2,1H3/b13-8+/t17?,18-/m0/s1. The molecule has 0 N–H and O–H groups in total. The van der Waals surface area contributed by atoms with E-state index in [2.05, 4.69) is 49.4 Å². The van der Waals surface area contributed by atoms with Crippen LogP contribution in [0.2, 0.25) is 0 Å². The molecule has 2 atom stereocenters. The van der Waals surface area contributed by atoms with Crippen LogP contribution < -0.4 is 0 Å². The summed E-state index contributed by atoms with van der Waals surface area (Å²) >= 11 is 0. The van der Waals surface area contributed by atoms with Gasteiger partial charge in [0, 0.05) is 0 Å². The molecule has 1 aromatic rings. The van der Waals surface area contributed by atoms with Gasteiger partial charge in [-0.1, -0.05) is 62.2 Å². The molecular formula is C18H26. The Kier molecular flexibility index (Phi) is 5.51. The van der Waals surface area contributed by atoms with Gasteiger partial charge in [-0.25, -0.2) is 0 Å². The average molecular weight is 242 g/mol. The molecule has 1 aromatic carbocycles. The summed E-state index contributed by atoms with van der Waals surface area (Å²) in [6.07, 6.45) is 14.4. The van der Waals surface area contributed by atoms with Crippen LogP contribution >= 0.6 is 0 Å². The molecule has 0 bridgehead atoms. The molecule has 98 valence electrons. The van der Waals surface area contributed by atoms with Crippen molar-refractivity contribution in [2.24, 2.45) is 11.8 Å². The van der Waals surface area contributed by atoms with E-state index in [1.807, 2.05) is 0 Å². The minimum atomic E-state index is 0.881. The first-order chi connectivity index (χ1) is 8.90. The summed E-state index contributed by atoms with van der Waals surface area (Å²) in [5, 5.41) is 0. The Bertz CT molecular complexity index is 350. The number of allylic oxidation sites excluding steroid dienone is 2. The van der Waals surface area contributed by atoms with Crippen LogP contribution in [0.15, 0.2) is 42.5 Å². The summed E-state index contributed by atoms with van der Waals surface area (Å²) < 4.78 is 0. The second-order valence-electron chi connectivity index (χ2n) is 5.57. The maximum Gasteiger partial charge on any atom is -0.0205 e. The third-order valence-corrected chi connectivity index (χ3v) is 4.30. The second kappa shape index (κ2) is 7.41. The highest BCUT2D eigenvalue weighted by Crippen LogP contribution is 2.34. The van der Waals surface area contributed by atoms with Crippen molar-refractivity contribution < 1.29 is 0 Å². The lowest BCUT2D eigenvalue weighted by molar-refractivity contribution is 0.444. The van der Waals surface area contributed by atoms with E-state index in [0.717, 1.165) is 11.8 Å². The van der Waals surface area contributed by atoms with E-state index in [4.69, 9.17) is 0 Å². The largest absolute Gasteiger partial charge is 0.0882 e. The molecule has 0 amide bonds. The zero-order valence-corrected chi connectivity index (χ0v) is 11.6. The van der Waals surface area contributed by atoms with E-state index in [9.17, 15) is 0 Å². The van der Waals surface area contributed by atoms with Gasteiger partial charge < -0.3 is 0 Å². The number of rotatable bonds is 6. The summed E-state index contributed by atoms with van der Waals surface area (Å²) in [6.45, 7) is 2.34. The van der Waals surface area contributed by atoms with Crippen LogP contribution in [0.1, 0.15) is 51.0 Å². The SMILES string of the molecule is CCC1CCC[C@@H]1/C=C/CCCc1ccccc1. The Labute approximate surface area is 112 Å². The minimum Gasteiger partial charge on any atom is -0.0882 e. The van der Waals surface area contributed by atoms with Crippen LogP contribution in [-0.4, -0.2) is 0 Å². The molecular weight excluding hydrogens is 216 g/mol. The summed E-state index contributed by atoms with van der Waals surface area (Å²) in [5.41, 5.74) is 1.47. The van der Waals surface area contributed by atoms with Gasteiger partial charge in [0.25, 0.3) is 0 Å². The normalized spacial score (nSPS) is 23.8. The second-order valence-corrected chi connectivity index (χ2v) is 5.57. The summed E-state index contributed by atoms with van der Waals surface area (Å²) in [6, 6.07) is 10.8. The van der Waals surface area contributed by atoms with Gasteiger partial charge >= 0.3 is 0 Å². The van der Waals surface area contributed by atoms with Crippen molar-refractivity contribution in [3.8, 4) is 0 Å². The Morgan fingerprint density at radius 1 is 1.17 bits per heavy atom. The zero-order valence-electron chi connectivity index (χ0n) is 11.6. The Morgan fingerprint density at radius 3 is 2.78 bits per heavy atom.